The van der Waals surface area contributed by atoms with Crippen molar-refractivity contribution < 1.29 is 17.6 Å². The monoisotopic (exact) mass is 289 g/mol. The number of benzene rings is 1. The van der Waals surface area contributed by atoms with Gasteiger partial charge in [0.2, 0.25) is 0 Å². The van der Waals surface area contributed by atoms with Gasteiger partial charge in [-0.3, -0.25) is 0 Å². The fourth-order valence-corrected chi connectivity index (χ4v) is 1.71. The average molecular weight is 289 g/mol. The highest BCUT2D eigenvalue weighted by molar-refractivity contribution is 5.71. The molecule has 2 rings (SSSR count). The van der Waals surface area contributed by atoms with Crippen molar-refractivity contribution in [3.05, 3.63) is 24.0 Å². The number of halogens is 4. The molecule has 0 spiro atoms. The Labute approximate surface area is 111 Å². The van der Waals surface area contributed by atoms with Crippen molar-refractivity contribution in [3.63, 3.8) is 0 Å². The van der Waals surface area contributed by atoms with Crippen LogP contribution in [0.15, 0.2) is 18.2 Å². The summed E-state index contributed by atoms with van der Waals surface area (Å²) in [6, 6.07) is 3.67. The van der Waals surface area contributed by atoms with E-state index in [-0.39, 0.29) is 24.5 Å². The van der Waals surface area contributed by atoms with E-state index >= 15 is 0 Å². The van der Waals surface area contributed by atoms with Crippen molar-refractivity contribution >= 4 is 5.69 Å². The Kier molecular flexibility index (Phi) is 3.86. The molecule has 0 saturated carbocycles. The normalized spacial score (nSPS) is 11.8. The zero-order valence-electron chi connectivity index (χ0n) is 10.2. The van der Waals surface area contributed by atoms with E-state index in [9.17, 15) is 17.6 Å². The Morgan fingerprint density at radius 3 is 2.65 bits per heavy atom. The topological polar surface area (TPSA) is 69.6 Å². The van der Waals surface area contributed by atoms with E-state index in [0.29, 0.717) is 5.56 Å². The number of hydrogen-bond acceptors (Lipinski definition) is 4. The molecule has 9 heteroatoms. The molecule has 0 atom stereocenters. The number of aryl methyl sites for hydroxylation is 1. The molecule has 0 saturated heterocycles. The second-order valence-corrected chi connectivity index (χ2v) is 4.18. The Morgan fingerprint density at radius 1 is 1.25 bits per heavy atom. The molecule has 0 aliphatic heterocycles. The standard InChI is InChI=1S/C11H11F4N5/c12-7-2-3-8(9(16)6-7)10-17-18-19-20(10)5-1-4-11(13,14)15/h2-3,6H,1,4-5,16H2. The summed E-state index contributed by atoms with van der Waals surface area (Å²) in [6.07, 6.45) is -5.29. The maximum atomic E-state index is 13.0. The summed E-state index contributed by atoms with van der Waals surface area (Å²) in [6.45, 7) is -0.00133. The van der Waals surface area contributed by atoms with Crippen LogP contribution in [0, 0.1) is 5.82 Å². The van der Waals surface area contributed by atoms with Gasteiger partial charge in [0.15, 0.2) is 5.82 Å². The molecule has 0 fully saturated rings. The van der Waals surface area contributed by atoms with Crippen LogP contribution in [0.4, 0.5) is 23.2 Å². The molecule has 0 bridgehead atoms. The van der Waals surface area contributed by atoms with Crippen molar-refractivity contribution in [2.45, 2.75) is 25.6 Å². The van der Waals surface area contributed by atoms with Gasteiger partial charge in [0.1, 0.15) is 5.82 Å². The van der Waals surface area contributed by atoms with Crippen molar-refractivity contribution in [1.82, 2.24) is 20.2 Å². The summed E-state index contributed by atoms with van der Waals surface area (Å²) in [7, 11) is 0. The molecule has 0 aliphatic rings. The van der Waals surface area contributed by atoms with Gasteiger partial charge in [0.05, 0.1) is 0 Å². The summed E-state index contributed by atoms with van der Waals surface area (Å²) in [5, 5.41) is 10.7. The van der Waals surface area contributed by atoms with E-state index in [1.165, 1.54) is 16.8 Å². The lowest BCUT2D eigenvalue weighted by molar-refractivity contribution is -0.136. The zero-order chi connectivity index (χ0) is 14.8. The number of nitrogen functional groups attached to an aromatic ring is 1. The first-order valence-corrected chi connectivity index (χ1v) is 5.75. The molecule has 5 nitrogen and oxygen atoms in total. The molecule has 20 heavy (non-hydrogen) atoms. The van der Waals surface area contributed by atoms with Gasteiger partial charge in [-0.05, 0) is 35.0 Å². The fraction of sp³-hybridized carbons (Fsp3) is 0.364. The molecule has 0 radical (unpaired) electrons. The maximum Gasteiger partial charge on any atom is 0.389 e. The number of aromatic nitrogens is 4. The third-order valence-corrected chi connectivity index (χ3v) is 2.62. The number of tetrazole rings is 1. The summed E-state index contributed by atoms with van der Waals surface area (Å²) in [4.78, 5) is 0. The predicted octanol–water partition coefficient (Wildman–Crippen LogP) is 2.40. The van der Waals surface area contributed by atoms with E-state index < -0.39 is 18.4 Å². The second kappa shape index (κ2) is 5.43. The molecule has 1 aromatic carbocycles. The molecule has 0 unspecified atom stereocenters. The van der Waals surface area contributed by atoms with E-state index in [4.69, 9.17) is 5.73 Å². The van der Waals surface area contributed by atoms with Crippen LogP contribution in [0.1, 0.15) is 12.8 Å². The van der Waals surface area contributed by atoms with E-state index in [2.05, 4.69) is 15.5 Å². The predicted molar refractivity (Wildman–Crippen MR) is 62.9 cm³/mol. The number of anilines is 1. The minimum absolute atomic E-state index is 0.00133. The summed E-state index contributed by atoms with van der Waals surface area (Å²) < 4.78 is 50.5. The Balaban J connectivity index is 2.16. The molecule has 1 aromatic heterocycles. The highest BCUT2D eigenvalue weighted by Crippen LogP contribution is 2.25. The number of nitrogens with zero attached hydrogens (tertiary/aromatic N) is 4. The SMILES string of the molecule is Nc1cc(F)ccc1-c1nnnn1CCCC(F)(F)F. The smallest absolute Gasteiger partial charge is 0.389 e. The van der Waals surface area contributed by atoms with E-state index in [0.717, 1.165) is 6.07 Å². The largest absolute Gasteiger partial charge is 0.398 e. The van der Waals surface area contributed by atoms with Crippen LogP contribution >= 0.6 is 0 Å². The third kappa shape index (κ3) is 3.43. The van der Waals surface area contributed by atoms with Gasteiger partial charge in [-0.25, -0.2) is 9.07 Å². The number of alkyl halides is 3. The number of hydrogen-bond donors (Lipinski definition) is 1. The van der Waals surface area contributed by atoms with Crippen LogP contribution in [-0.2, 0) is 6.54 Å². The lowest BCUT2D eigenvalue weighted by Crippen LogP contribution is -2.11. The van der Waals surface area contributed by atoms with Crippen molar-refractivity contribution in [3.8, 4) is 11.4 Å². The van der Waals surface area contributed by atoms with Crippen molar-refractivity contribution in [2.75, 3.05) is 5.73 Å². The van der Waals surface area contributed by atoms with Crippen LogP contribution in [0.5, 0.6) is 0 Å². The Hall–Kier alpha value is -2.19. The first-order chi connectivity index (χ1) is 9.37. The lowest BCUT2D eigenvalue weighted by atomic mass is 10.1. The summed E-state index contributed by atoms with van der Waals surface area (Å²) in [5.74, 6) is -0.299. The van der Waals surface area contributed by atoms with Crippen LogP contribution in [0.3, 0.4) is 0 Å². The number of nitrogens with two attached hydrogens (primary N) is 1. The van der Waals surface area contributed by atoms with E-state index in [1.807, 2.05) is 0 Å². The van der Waals surface area contributed by atoms with Crippen LogP contribution in [0.25, 0.3) is 11.4 Å². The quantitative estimate of drug-likeness (QED) is 0.693. The molecular weight excluding hydrogens is 278 g/mol. The maximum absolute atomic E-state index is 13.0. The Morgan fingerprint density at radius 2 is 2.00 bits per heavy atom. The molecule has 108 valence electrons. The first-order valence-electron chi connectivity index (χ1n) is 5.75. The van der Waals surface area contributed by atoms with Crippen LogP contribution in [0.2, 0.25) is 0 Å². The molecular formula is C11H11F4N5. The fourth-order valence-electron chi connectivity index (χ4n) is 1.71. The summed E-state index contributed by atoms with van der Waals surface area (Å²) >= 11 is 0. The molecule has 0 aliphatic carbocycles. The summed E-state index contributed by atoms with van der Waals surface area (Å²) in [5.41, 5.74) is 6.15. The molecule has 1 heterocycles. The molecule has 2 N–H and O–H groups in total. The first kappa shape index (κ1) is 14.2. The van der Waals surface area contributed by atoms with Crippen LogP contribution in [-0.4, -0.2) is 26.4 Å². The van der Waals surface area contributed by atoms with E-state index in [1.54, 1.807) is 0 Å². The van der Waals surface area contributed by atoms with Gasteiger partial charge in [-0.1, -0.05) is 0 Å². The van der Waals surface area contributed by atoms with Crippen LogP contribution < -0.4 is 5.73 Å². The van der Waals surface area contributed by atoms with Gasteiger partial charge >= 0.3 is 6.18 Å². The van der Waals surface area contributed by atoms with Crippen molar-refractivity contribution in [2.24, 2.45) is 0 Å². The highest BCUT2D eigenvalue weighted by atomic mass is 19.4. The Bertz CT molecular complexity index is 593. The lowest BCUT2D eigenvalue weighted by Gasteiger charge is -2.08. The highest BCUT2D eigenvalue weighted by Gasteiger charge is 2.26. The molecule has 0 amide bonds. The van der Waals surface area contributed by atoms with Gasteiger partial charge in [0, 0.05) is 24.2 Å². The van der Waals surface area contributed by atoms with Crippen molar-refractivity contribution in [1.29, 1.82) is 0 Å². The van der Waals surface area contributed by atoms with Gasteiger partial charge in [-0.2, -0.15) is 13.2 Å². The number of rotatable bonds is 4. The minimum Gasteiger partial charge on any atom is -0.398 e. The zero-order valence-corrected chi connectivity index (χ0v) is 10.2. The molecule has 2 aromatic rings. The second-order valence-electron chi connectivity index (χ2n) is 4.18. The average Bonchev–Trinajstić information content (AvgIpc) is 2.75. The van der Waals surface area contributed by atoms with Gasteiger partial charge in [0.25, 0.3) is 0 Å². The van der Waals surface area contributed by atoms with Gasteiger partial charge in [-0.15, -0.1) is 5.10 Å². The minimum atomic E-state index is -4.22. The van der Waals surface area contributed by atoms with Gasteiger partial charge < -0.3 is 5.73 Å². The third-order valence-electron chi connectivity index (χ3n) is 2.62.